The van der Waals surface area contributed by atoms with E-state index in [0.717, 1.165) is 102 Å². The Hall–Kier alpha value is -3.86. The Morgan fingerprint density at radius 2 is 1.70 bits per heavy atom. The number of benzene rings is 2. The number of para-hydroxylation sites is 1. The maximum atomic E-state index is 14.4. The van der Waals surface area contributed by atoms with Gasteiger partial charge in [0.15, 0.2) is 0 Å². The Morgan fingerprint density at radius 1 is 0.926 bits per heavy atom. The molecule has 0 amide bonds. The average Bonchev–Trinajstić information content (AvgIpc) is 3.73. The van der Waals surface area contributed by atoms with Gasteiger partial charge in [-0.3, -0.25) is 14.5 Å². The molecular weight excluding hydrogens is 681 g/mol. The van der Waals surface area contributed by atoms with Gasteiger partial charge in [-0.15, -0.1) is 0 Å². The Morgan fingerprint density at radius 3 is 2.43 bits per heavy atom. The number of hydrogen-bond donors (Lipinski definition) is 3. The number of aliphatic hydroxyl groups is 1. The number of hydrogen-bond acceptors (Lipinski definition) is 8. The highest BCUT2D eigenvalue weighted by atomic mass is 16.5. The lowest BCUT2D eigenvalue weighted by atomic mass is 9.56. The van der Waals surface area contributed by atoms with Crippen molar-refractivity contribution < 1.29 is 28.9 Å². The number of methoxy groups -OCH3 is 3. The molecule has 3 saturated heterocycles. The first-order chi connectivity index (χ1) is 26.2. The molecule has 288 valence electrons. The van der Waals surface area contributed by atoms with Crippen LogP contribution in [0.1, 0.15) is 79.9 Å². The number of likely N-dealkylation sites (N-methyl/N-ethyl adjacent to an activating group) is 1. The quantitative estimate of drug-likeness (QED) is 0.200. The SMILES string of the molecule is CCC1CN(C)[C@H]2Cc3c([nH]c4ccccc34)C(c3c(OC)ccc4c5c([nH]c34)[C@@]3(C(=O)OC)C[C@@H]4C[C@H](CC)C3N(CC5)C4)C[C@H]1C2(CO)C(=O)OC. The van der Waals surface area contributed by atoms with Crippen molar-refractivity contribution in [2.75, 3.05) is 54.6 Å². The summed E-state index contributed by atoms with van der Waals surface area (Å²) in [6, 6.07) is 12.5. The fraction of sp³-hybridized carbons (Fsp3) is 0.591. The van der Waals surface area contributed by atoms with Gasteiger partial charge in [0, 0.05) is 70.9 Å². The zero-order valence-corrected chi connectivity index (χ0v) is 32.7. The number of nitrogens with one attached hydrogen (secondary N) is 2. The van der Waals surface area contributed by atoms with Crippen molar-refractivity contribution in [3.05, 3.63) is 64.5 Å². The van der Waals surface area contributed by atoms with Gasteiger partial charge in [-0.05, 0) is 92.1 Å². The number of aliphatic hydroxyl groups excluding tert-OH is 1. The number of esters is 2. The minimum atomic E-state index is -1.13. The minimum Gasteiger partial charge on any atom is -0.496 e. The third kappa shape index (κ3) is 4.68. The first-order valence-corrected chi connectivity index (χ1v) is 20.2. The molecule has 10 heteroatoms. The lowest BCUT2D eigenvalue weighted by Gasteiger charge is -2.57. The number of aromatic nitrogens is 2. The number of ether oxygens (including phenoxy) is 3. The second kappa shape index (κ2) is 13.1. The summed E-state index contributed by atoms with van der Waals surface area (Å²) in [6.45, 7) is 6.93. The topological polar surface area (TPSA) is 120 Å². The Bertz CT molecular complexity index is 2120. The van der Waals surface area contributed by atoms with Crippen LogP contribution in [0.5, 0.6) is 5.75 Å². The highest BCUT2D eigenvalue weighted by Gasteiger charge is 2.63. The molecule has 6 heterocycles. The molecule has 54 heavy (non-hydrogen) atoms. The summed E-state index contributed by atoms with van der Waals surface area (Å²) in [7, 11) is 6.84. The van der Waals surface area contributed by atoms with Crippen LogP contribution >= 0.6 is 0 Å². The molecule has 0 spiro atoms. The number of carbonyl (C=O) groups is 2. The van der Waals surface area contributed by atoms with Crippen LogP contribution in [0.4, 0.5) is 0 Å². The maximum absolute atomic E-state index is 14.4. The second-order valence-electron chi connectivity index (χ2n) is 17.2. The van der Waals surface area contributed by atoms with Gasteiger partial charge in [-0.25, -0.2) is 0 Å². The molecule has 6 bridgehead atoms. The minimum absolute atomic E-state index is 0.0769. The van der Waals surface area contributed by atoms with Crippen LogP contribution in [-0.2, 0) is 37.3 Å². The standard InChI is InChI=1S/C44H56N4O6/c1-7-25-17-24-20-43(41(50)53-5)39-29(15-16-48(21-24)40(25)43)28-13-14-34(52-4)36(38(28)46-39)31-18-32-26(8-2)22-47(3)35(44(32,23-49)42(51)54-6)19-30-27-11-9-10-12-33(27)45-37(30)31/h9-14,24-26,31-32,35,40,45-46,49H,7-8,15-23H2,1-6H3/t24-,25-,26?,31?,32+,35-,40?,43-,44?/m0/s1. The summed E-state index contributed by atoms with van der Waals surface area (Å²) in [4.78, 5) is 41.6. The van der Waals surface area contributed by atoms with E-state index in [1.807, 2.05) is 0 Å². The fourth-order valence-corrected chi connectivity index (χ4v) is 13.1. The molecule has 5 unspecified atom stereocenters. The van der Waals surface area contributed by atoms with Crippen molar-refractivity contribution in [3.8, 4) is 5.75 Å². The molecule has 10 nitrogen and oxygen atoms in total. The van der Waals surface area contributed by atoms with Gasteiger partial charge in [0.2, 0.25) is 0 Å². The number of likely N-dealkylation sites (tertiary alicyclic amines) is 1. The molecule has 10 rings (SSSR count). The number of nitrogens with zero attached hydrogens (tertiary/aromatic N) is 2. The van der Waals surface area contributed by atoms with Gasteiger partial charge in [-0.2, -0.15) is 0 Å². The maximum Gasteiger partial charge on any atom is 0.319 e. The van der Waals surface area contributed by atoms with Crippen molar-refractivity contribution in [2.24, 2.45) is 29.1 Å². The highest BCUT2D eigenvalue weighted by molar-refractivity contribution is 5.95. The molecule has 2 aromatic carbocycles. The fourth-order valence-electron chi connectivity index (χ4n) is 13.1. The summed E-state index contributed by atoms with van der Waals surface area (Å²) in [5.41, 5.74) is 5.67. The lowest BCUT2D eigenvalue weighted by molar-refractivity contribution is -0.179. The molecule has 4 aromatic rings. The van der Waals surface area contributed by atoms with E-state index in [0.29, 0.717) is 24.7 Å². The average molecular weight is 737 g/mol. The second-order valence-corrected chi connectivity index (χ2v) is 17.2. The molecule has 2 aliphatic carbocycles. The van der Waals surface area contributed by atoms with Crippen LogP contribution in [0.15, 0.2) is 36.4 Å². The predicted octanol–water partition coefficient (Wildman–Crippen LogP) is 5.93. The van der Waals surface area contributed by atoms with Crippen LogP contribution < -0.4 is 4.74 Å². The molecule has 4 aliphatic heterocycles. The van der Waals surface area contributed by atoms with Gasteiger partial charge in [0.05, 0.1) is 33.5 Å². The van der Waals surface area contributed by atoms with Crippen molar-refractivity contribution in [1.29, 1.82) is 0 Å². The van der Waals surface area contributed by atoms with Gasteiger partial charge >= 0.3 is 11.9 Å². The van der Waals surface area contributed by atoms with E-state index in [9.17, 15) is 14.7 Å². The van der Waals surface area contributed by atoms with E-state index in [1.54, 1.807) is 14.2 Å². The Labute approximate surface area is 317 Å². The predicted molar refractivity (Wildman–Crippen MR) is 208 cm³/mol. The Kier molecular flexibility index (Phi) is 8.71. The summed E-state index contributed by atoms with van der Waals surface area (Å²) in [5.74, 6) is 0.886. The van der Waals surface area contributed by atoms with E-state index in [2.05, 4.69) is 77.1 Å². The number of aromatic amines is 2. The van der Waals surface area contributed by atoms with E-state index in [4.69, 9.17) is 14.2 Å². The summed E-state index contributed by atoms with van der Waals surface area (Å²) < 4.78 is 17.8. The molecular formula is C44H56N4O6. The molecule has 1 saturated carbocycles. The van der Waals surface area contributed by atoms with Gasteiger partial charge < -0.3 is 34.2 Å². The zero-order chi connectivity index (χ0) is 37.7. The van der Waals surface area contributed by atoms with Crippen LogP contribution in [-0.4, -0.2) is 104 Å². The zero-order valence-electron chi connectivity index (χ0n) is 32.7. The molecule has 0 radical (unpaired) electrons. The van der Waals surface area contributed by atoms with Crippen molar-refractivity contribution >= 4 is 33.7 Å². The third-order valence-electron chi connectivity index (χ3n) is 15.2. The molecule has 3 N–H and O–H groups in total. The monoisotopic (exact) mass is 736 g/mol. The molecule has 2 aromatic heterocycles. The van der Waals surface area contributed by atoms with E-state index in [-0.39, 0.29) is 48.4 Å². The molecule has 6 aliphatic rings. The van der Waals surface area contributed by atoms with E-state index >= 15 is 0 Å². The molecule has 4 fully saturated rings. The first kappa shape index (κ1) is 35.8. The Balaban J connectivity index is 1.33. The van der Waals surface area contributed by atoms with Gasteiger partial charge in [-0.1, -0.05) is 44.9 Å². The smallest absolute Gasteiger partial charge is 0.319 e. The number of carbonyl (C=O) groups excluding carboxylic acids is 2. The van der Waals surface area contributed by atoms with Crippen LogP contribution in [0.2, 0.25) is 0 Å². The van der Waals surface area contributed by atoms with Gasteiger partial charge in [0.25, 0.3) is 0 Å². The number of fused-ring (bicyclic) bond motifs is 9. The lowest BCUT2D eigenvalue weighted by Crippen LogP contribution is -2.67. The summed E-state index contributed by atoms with van der Waals surface area (Å²) in [6.07, 6.45) is 5.86. The third-order valence-corrected chi connectivity index (χ3v) is 15.2. The summed E-state index contributed by atoms with van der Waals surface area (Å²) in [5, 5.41) is 13.8. The normalized spacial score (nSPS) is 34.4. The number of H-pyrrole nitrogens is 2. The van der Waals surface area contributed by atoms with E-state index < -0.39 is 10.8 Å². The number of piperidine rings is 3. The van der Waals surface area contributed by atoms with E-state index in [1.165, 1.54) is 12.7 Å². The first-order valence-electron chi connectivity index (χ1n) is 20.2. The van der Waals surface area contributed by atoms with Crippen molar-refractivity contribution in [3.63, 3.8) is 0 Å². The largest absolute Gasteiger partial charge is 0.496 e. The van der Waals surface area contributed by atoms with Crippen LogP contribution in [0, 0.1) is 29.1 Å². The molecule has 10 atom stereocenters. The highest BCUT2D eigenvalue weighted by Crippen LogP contribution is 2.58. The van der Waals surface area contributed by atoms with Crippen LogP contribution in [0.25, 0.3) is 21.8 Å². The number of rotatable bonds is 7. The van der Waals surface area contributed by atoms with Crippen LogP contribution in [0.3, 0.4) is 0 Å². The van der Waals surface area contributed by atoms with Gasteiger partial charge in [0.1, 0.15) is 16.6 Å². The summed E-state index contributed by atoms with van der Waals surface area (Å²) >= 11 is 0. The van der Waals surface area contributed by atoms with Crippen molar-refractivity contribution in [1.82, 2.24) is 19.8 Å². The van der Waals surface area contributed by atoms with Crippen molar-refractivity contribution in [2.45, 2.75) is 82.2 Å².